The molecule has 2 rings (SSSR count). The molecule has 2 aromatic rings. The lowest BCUT2D eigenvalue weighted by Crippen LogP contribution is -2.11. The number of benzene rings is 2. The van der Waals surface area contributed by atoms with Crippen LogP contribution in [-0.2, 0) is 0 Å². The molecule has 0 aliphatic rings. The van der Waals surface area contributed by atoms with Crippen molar-refractivity contribution in [3.8, 4) is 5.75 Å². The third-order valence-corrected chi connectivity index (χ3v) is 2.76. The van der Waals surface area contributed by atoms with Gasteiger partial charge in [0.1, 0.15) is 12.0 Å². The normalized spacial score (nSPS) is 9.95. The van der Waals surface area contributed by atoms with Gasteiger partial charge >= 0.3 is 0 Å². The van der Waals surface area contributed by atoms with Crippen molar-refractivity contribution in [1.29, 1.82) is 0 Å². The molecule has 0 bridgehead atoms. The number of Topliss-reactive ketones (excluding diaryl/α,β-unsaturated/α-hetero) is 1. The van der Waals surface area contributed by atoms with E-state index >= 15 is 0 Å². The number of ketones is 1. The highest BCUT2D eigenvalue weighted by atomic mass is 16.5. The Morgan fingerprint density at radius 2 is 1.68 bits per heavy atom. The summed E-state index contributed by atoms with van der Waals surface area (Å²) >= 11 is 0. The molecule has 0 fully saturated rings. The highest BCUT2D eigenvalue weighted by Crippen LogP contribution is 2.12. The van der Waals surface area contributed by atoms with Crippen molar-refractivity contribution in [1.82, 2.24) is 0 Å². The summed E-state index contributed by atoms with van der Waals surface area (Å²) in [4.78, 5) is 22.4. The largest absolute Gasteiger partial charge is 0.485 e. The van der Waals surface area contributed by atoms with Crippen molar-refractivity contribution in [3.05, 3.63) is 65.2 Å². The van der Waals surface area contributed by atoms with Crippen LogP contribution in [-0.4, -0.2) is 18.7 Å². The summed E-state index contributed by atoms with van der Waals surface area (Å²) in [5.74, 6) is 0.505. The van der Waals surface area contributed by atoms with Gasteiger partial charge in [-0.3, -0.25) is 9.59 Å². The molecule has 0 N–H and O–H groups in total. The maximum atomic E-state index is 11.9. The second kappa shape index (κ2) is 5.96. The summed E-state index contributed by atoms with van der Waals surface area (Å²) in [7, 11) is 0. The fourth-order valence-electron chi connectivity index (χ4n) is 1.61. The average molecular weight is 254 g/mol. The first-order chi connectivity index (χ1) is 9.19. The molecule has 0 radical (unpaired) electrons. The number of aldehydes is 1. The SMILES string of the molecule is Cc1ccc(C(=O)COc2ccc(C=O)cc2)cc1. The van der Waals surface area contributed by atoms with E-state index in [2.05, 4.69) is 0 Å². The lowest BCUT2D eigenvalue weighted by Gasteiger charge is -2.05. The van der Waals surface area contributed by atoms with Gasteiger partial charge in [-0.15, -0.1) is 0 Å². The number of aryl methyl sites for hydroxylation is 1. The summed E-state index contributed by atoms with van der Waals surface area (Å²) in [6.07, 6.45) is 0.765. The van der Waals surface area contributed by atoms with Gasteiger partial charge in [0.2, 0.25) is 0 Å². The Labute approximate surface area is 111 Å². The van der Waals surface area contributed by atoms with Crippen LogP contribution in [0.5, 0.6) is 5.75 Å². The predicted octanol–water partition coefficient (Wildman–Crippen LogP) is 3.07. The highest BCUT2D eigenvalue weighted by molar-refractivity contribution is 5.97. The number of carbonyl (C=O) groups excluding carboxylic acids is 2. The molecule has 3 nitrogen and oxygen atoms in total. The minimum absolute atomic E-state index is 0.0104. The van der Waals surface area contributed by atoms with E-state index in [0.717, 1.165) is 11.8 Å². The molecule has 0 amide bonds. The van der Waals surface area contributed by atoms with E-state index in [0.29, 0.717) is 16.9 Å². The van der Waals surface area contributed by atoms with Gasteiger partial charge in [0.25, 0.3) is 0 Å². The lowest BCUT2D eigenvalue weighted by molar-refractivity contribution is 0.0921. The Balaban J connectivity index is 1.96. The molecule has 3 heteroatoms. The molecule has 0 aliphatic heterocycles. The third kappa shape index (κ3) is 3.52. The molecule has 0 spiro atoms. The zero-order chi connectivity index (χ0) is 13.7. The molecular weight excluding hydrogens is 240 g/mol. The summed E-state index contributed by atoms with van der Waals surface area (Å²) in [6, 6.07) is 14.0. The Bertz CT molecular complexity index is 568. The van der Waals surface area contributed by atoms with E-state index in [4.69, 9.17) is 4.74 Å². The minimum Gasteiger partial charge on any atom is -0.485 e. The standard InChI is InChI=1S/C16H14O3/c1-12-2-6-14(7-3-12)16(18)11-19-15-8-4-13(10-17)5-9-15/h2-10H,11H2,1H3. The maximum absolute atomic E-state index is 11.9. The molecule has 0 aliphatic carbocycles. The summed E-state index contributed by atoms with van der Waals surface area (Å²) in [5.41, 5.74) is 2.33. The van der Waals surface area contributed by atoms with Crippen molar-refractivity contribution in [2.45, 2.75) is 6.92 Å². The van der Waals surface area contributed by atoms with Crippen molar-refractivity contribution in [2.24, 2.45) is 0 Å². The molecule has 2 aromatic carbocycles. The lowest BCUT2D eigenvalue weighted by atomic mass is 10.1. The van der Waals surface area contributed by atoms with Gasteiger partial charge in [-0.05, 0) is 31.2 Å². The Morgan fingerprint density at radius 1 is 1.05 bits per heavy atom. The average Bonchev–Trinajstić information content (AvgIpc) is 2.46. The van der Waals surface area contributed by atoms with Crippen molar-refractivity contribution in [2.75, 3.05) is 6.61 Å². The molecule has 0 saturated carbocycles. The maximum Gasteiger partial charge on any atom is 0.200 e. The molecule has 19 heavy (non-hydrogen) atoms. The molecule has 96 valence electrons. The Kier molecular flexibility index (Phi) is 4.08. The van der Waals surface area contributed by atoms with Crippen LogP contribution < -0.4 is 4.74 Å². The quantitative estimate of drug-likeness (QED) is 0.608. The number of carbonyl (C=O) groups is 2. The summed E-state index contributed by atoms with van der Waals surface area (Å²) in [6.45, 7) is 1.96. The first-order valence-electron chi connectivity index (χ1n) is 5.97. The fourth-order valence-corrected chi connectivity index (χ4v) is 1.61. The van der Waals surface area contributed by atoms with Gasteiger partial charge in [0, 0.05) is 11.1 Å². The fraction of sp³-hybridized carbons (Fsp3) is 0.125. The number of rotatable bonds is 5. The van der Waals surface area contributed by atoms with Gasteiger partial charge in [-0.25, -0.2) is 0 Å². The zero-order valence-electron chi connectivity index (χ0n) is 10.6. The second-order valence-corrected chi connectivity index (χ2v) is 4.26. The van der Waals surface area contributed by atoms with Crippen LogP contribution in [0.15, 0.2) is 48.5 Å². The van der Waals surface area contributed by atoms with Gasteiger partial charge in [0.15, 0.2) is 12.4 Å². The summed E-state index contributed by atoms with van der Waals surface area (Å²) < 4.78 is 5.39. The van der Waals surface area contributed by atoms with Crippen LogP contribution in [0.3, 0.4) is 0 Å². The Morgan fingerprint density at radius 3 is 2.26 bits per heavy atom. The first kappa shape index (κ1) is 13.0. The van der Waals surface area contributed by atoms with Crippen LogP contribution in [0.25, 0.3) is 0 Å². The van der Waals surface area contributed by atoms with Crippen LogP contribution in [0.2, 0.25) is 0 Å². The van der Waals surface area contributed by atoms with Crippen molar-refractivity contribution in [3.63, 3.8) is 0 Å². The number of hydrogen-bond donors (Lipinski definition) is 0. The number of hydrogen-bond acceptors (Lipinski definition) is 3. The van der Waals surface area contributed by atoms with E-state index in [1.54, 1.807) is 36.4 Å². The second-order valence-electron chi connectivity index (χ2n) is 4.26. The van der Waals surface area contributed by atoms with Crippen molar-refractivity contribution >= 4 is 12.1 Å². The molecule has 0 unspecified atom stereocenters. The number of ether oxygens (including phenoxy) is 1. The van der Waals surface area contributed by atoms with Gasteiger partial charge in [-0.2, -0.15) is 0 Å². The highest BCUT2D eigenvalue weighted by Gasteiger charge is 2.06. The molecule has 0 saturated heterocycles. The van der Waals surface area contributed by atoms with Crippen LogP contribution >= 0.6 is 0 Å². The third-order valence-electron chi connectivity index (χ3n) is 2.76. The van der Waals surface area contributed by atoms with Crippen LogP contribution in [0.4, 0.5) is 0 Å². The first-order valence-corrected chi connectivity index (χ1v) is 5.97. The smallest absolute Gasteiger partial charge is 0.200 e. The molecule has 0 heterocycles. The molecular formula is C16H14O3. The zero-order valence-corrected chi connectivity index (χ0v) is 10.6. The van der Waals surface area contributed by atoms with E-state index in [1.807, 2.05) is 19.1 Å². The van der Waals surface area contributed by atoms with E-state index in [-0.39, 0.29) is 12.4 Å². The van der Waals surface area contributed by atoms with Crippen LogP contribution in [0, 0.1) is 6.92 Å². The molecule has 0 atom stereocenters. The Hall–Kier alpha value is -2.42. The van der Waals surface area contributed by atoms with Gasteiger partial charge in [-0.1, -0.05) is 29.8 Å². The van der Waals surface area contributed by atoms with Crippen LogP contribution in [0.1, 0.15) is 26.3 Å². The minimum atomic E-state index is -0.0699. The van der Waals surface area contributed by atoms with Gasteiger partial charge in [0.05, 0.1) is 0 Å². The topological polar surface area (TPSA) is 43.4 Å². The van der Waals surface area contributed by atoms with E-state index in [9.17, 15) is 9.59 Å². The van der Waals surface area contributed by atoms with E-state index < -0.39 is 0 Å². The summed E-state index contributed by atoms with van der Waals surface area (Å²) in [5, 5.41) is 0. The monoisotopic (exact) mass is 254 g/mol. The van der Waals surface area contributed by atoms with Gasteiger partial charge < -0.3 is 4.74 Å². The molecule has 0 aromatic heterocycles. The predicted molar refractivity (Wildman–Crippen MR) is 72.8 cm³/mol. The van der Waals surface area contributed by atoms with Crippen molar-refractivity contribution < 1.29 is 14.3 Å². The van der Waals surface area contributed by atoms with E-state index in [1.165, 1.54) is 0 Å².